The van der Waals surface area contributed by atoms with Gasteiger partial charge in [0.05, 0.1) is 0 Å². The van der Waals surface area contributed by atoms with Crippen LogP contribution < -0.4 is 5.73 Å². The predicted molar refractivity (Wildman–Crippen MR) is 45.8 cm³/mol. The molecule has 0 spiro atoms. The number of carbonyl (C=O) groups is 1. The zero-order valence-electron chi connectivity index (χ0n) is 5.33. The zero-order valence-corrected chi connectivity index (χ0v) is 6.15. The molecule has 0 aliphatic heterocycles. The molecule has 0 aromatic carbocycles. The van der Waals surface area contributed by atoms with Crippen LogP contribution in [0, 0.1) is 0 Å². The molecule has 0 fully saturated rings. The fraction of sp³-hybridized carbons (Fsp3) is 0.800. The number of thioether (sulfide) groups is 1. The van der Waals surface area contributed by atoms with Gasteiger partial charge in [0, 0.05) is 0 Å². The van der Waals surface area contributed by atoms with Crippen LogP contribution in [0.5, 0.6) is 0 Å². The number of aliphatic carboxylic acids is 1. The summed E-state index contributed by atoms with van der Waals surface area (Å²) in [7, 11) is 0. The molecule has 0 rings (SSSR count). The minimum atomic E-state index is -0.913. The average molecular weight is 157 g/mol. The fourth-order valence-corrected chi connectivity index (χ4v) is 0.858. The van der Waals surface area contributed by atoms with Crippen LogP contribution >= 0.6 is 11.8 Å². The zero-order chi connectivity index (χ0) is 7.28. The van der Waals surface area contributed by atoms with Crippen molar-refractivity contribution >= 4 is 36.6 Å². The van der Waals surface area contributed by atoms with Crippen LogP contribution in [0.3, 0.4) is 0 Å². The first kappa shape index (κ1) is 13.0. The van der Waals surface area contributed by atoms with Crippen LogP contribution in [0.4, 0.5) is 0 Å². The number of carboxylic acids is 1. The summed E-state index contributed by atoms with van der Waals surface area (Å²) in [5.74, 6) is -0.1000. The third-order valence-electron chi connectivity index (χ3n) is 0.950. The molecule has 3 nitrogen and oxygen atoms in total. The molecule has 0 radical (unpaired) electrons. The monoisotopic (exact) mass is 157 g/mol. The molecule has 0 amide bonds. The second-order valence-corrected chi connectivity index (χ2v) is 2.71. The summed E-state index contributed by atoms with van der Waals surface area (Å²) in [5.41, 5.74) is 5.19. The van der Waals surface area contributed by atoms with Gasteiger partial charge in [0.1, 0.15) is 6.04 Å². The number of hydrogen-bond acceptors (Lipinski definition) is 3. The van der Waals surface area contributed by atoms with Gasteiger partial charge in [-0.15, -0.1) is 0 Å². The Kier molecular flexibility index (Phi) is 9.73. The number of nitrogens with two attached hydrogens (primary N) is 1. The Morgan fingerprint density at radius 3 is 2.60 bits per heavy atom. The van der Waals surface area contributed by atoms with Crippen molar-refractivity contribution in [3.63, 3.8) is 0 Å². The second-order valence-electron chi connectivity index (χ2n) is 1.73. The van der Waals surface area contributed by atoms with E-state index in [4.69, 9.17) is 10.8 Å². The first-order valence-corrected chi connectivity index (χ1v) is 4.05. The van der Waals surface area contributed by atoms with E-state index in [1.807, 2.05) is 6.26 Å². The molecule has 1 unspecified atom stereocenters. The first-order chi connectivity index (χ1) is 4.18. The Labute approximate surface area is 76.9 Å². The van der Waals surface area contributed by atoms with E-state index in [0.717, 1.165) is 5.75 Å². The van der Waals surface area contributed by atoms with Gasteiger partial charge in [0.2, 0.25) is 0 Å². The van der Waals surface area contributed by atoms with Crippen LogP contribution in [-0.4, -0.2) is 48.0 Å². The van der Waals surface area contributed by atoms with Gasteiger partial charge in [0.15, 0.2) is 0 Å². The van der Waals surface area contributed by atoms with Gasteiger partial charge in [-0.3, -0.25) is 4.79 Å². The van der Waals surface area contributed by atoms with Gasteiger partial charge in [-0.25, -0.2) is 0 Å². The summed E-state index contributed by atoms with van der Waals surface area (Å²) in [6.45, 7) is 0. The van der Waals surface area contributed by atoms with Crippen LogP contribution in [0.2, 0.25) is 0 Å². The van der Waals surface area contributed by atoms with Crippen LogP contribution in [-0.2, 0) is 4.79 Å². The molecule has 5 heteroatoms. The minimum absolute atomic E-state index is 0. The third kappa shape index (κ3) is 6.50. The molecule has 0 heterocycles. The summed E-state index contributed by atoms with van der Waals surface area (Å²) < 4.78 is 0. The molecule has 56 valence electrons. The Hall–Kier alpha value is 0.377. The van der Waals surface area contributed by atoms with Crippen molar-refractivity contribution in [2.45, 2.75) is 12.5 Å². The maximum absolute atomic E-state index is 10.1. The van der Waals surface area contributed by atoms with E-state index < -0.39 is 12.0 Å². The molecule has 1 atom stereocenters. The second kappa shape index (κ2) is 7.48. The molecule has 0 aliphatic rings. The molecular weight excluding hydrogens is 145 g/mol. The fourth-order valence-electron chi connectivity index (χ4n) is 0.368. The van der Waals surface area contributed by atoms with Crippen molar-refractivity contribution in [1.29, 1.82) is 0 Å². The summed E-state index contributed by atoms with van der Waals surface area (Å²) >= 11 is 1.60. The van der Waals surface area contributed by atoms with Gasteiger partial charge in [-0.1, -0.05) is 0 Å². The molecule has 0 aromatic rings. The van der Waals surface area contributed by atoms with Crippen molar-refractivity contribution in [1.82, 2.24) is 0 Å². The van der Waals surface area contributed by atoms with Crippen molar-refractivity contribution in [2.24, 2.45) is 5.73 Å². The van der Waals surface area contributed by atoms with Gasteiger partial charge in [-0.2, -0.15) is 11.8 Å². The van der Waals surface area contributed by atoms with E-state index >= 15 is 0 Å². The molecular formula is C5H12LiNO2S. The summed E-state index contributed by atoms with van der Waals surface area (Å²) in [6.07, 6.45) is 2.48. The number of rotatable bonds is 4. The Morgan fingerprint density at radius 1 is 1.80 bits per heavy atom. The van der Waals surface area contributed by atoms with E-state index in [1.165, 1.54) is 0 Å². The SMILES string of the molecule is CSCCC(N)C(=O)O.[LiH]. The maximum atomic E-state index is 10.1. The van der Waals surface area contributed by atoms with E-state index in [-0.39, 0.29) is 18.9 Å². The first-order valence-electron chi connectivity index (χ1n) is 2.65. The molecule has 0 aliphatic carbocycles. The molecule has 0 aromatic heterocycles. The summed E-state index contributed by atoms with van der Waals surface area (Å²) in [6, 6.07) is -0.683. The van der Waals surface area contributed by atoms with Gasteiger partial charge in [-0.05, 0) is 18.4 Å². The van der Waals surface area contributed by atoms with Crippen molar-refractivity contribution in [2.75, 3.05) is 12.0 Å². The van der Waals surface area contributed by atoms with E-state index in [1.54, 1.807) is 11.8 Å². The summed E-state index contributed by atoms with van der Waals surface area (Å²) in [4.78, 5) is 10.1. The topological polar surface area (TPSA) is 63.3 Å². The molecule has 0 saturated heterocycles. The molecule has 10 heavy (non-hydrogen) atoms. The quantitative estimate of drug-likeness (QED) is 0.540. The van der Waals surface area contributed by atoms with E-state index in [0.29, 0.717) is 6.42 Å². The van der Waals surface area contributed by atoms with Crippen molar-refractivity contribution in [3.8, 4) is 0 Å². The van der Waals surface area contributed by atoms with Crippen LogP contribution in [0.1, 0.15) is 6.42 Å². The van der Waals surface area contributed by atoms with E-state index in [9.17, 15) is 4.79 Å². The normalized spacial score (nSPS) is 11.8. The van der Waals surface area contributed by atoms with Crippen LogP contribution in [0.25, 0.3) is 0 Å². The van der Waals surface area contributed by atoms with E-state index in [2.05, 4.69) is 0 Å². The molecule has 0 bridgehead atoms. The standard InChI is InChI=1S/C5H11NO2S.Li.H/c1-9-3-2-4(6)5(7)8;;/h4H,2-3,6H2,1H3,(H,7,8);;. The number of hydrogen-bond donors (Lipinski definition) is 2. The Balaban J connectivity index is 0. The summed E-state index contributed by atoms with van der Waals surface area (Å²) in [5, 5.41) is 8.27. The predicted octanol–water partition coefficient (Wildman–Crippen LogP) is -0.497. The van der Waals surface area contributed by atoms with Crippen LogP contribution in [0.15, 0.2) is 0 Å². The van der Waals surface area contributed by atoms with Crippen molar-refractivity contribution < 1.29 is 9.90 Å². The third-order valence-corrected chi connectivity index (χ3v) is 1.59. The molecule has 3 N–H and O–H groups in total. The number of carboxylic acid groups (broad SMARTS) is 1. The molecule has 0 saturated carbocycles. The van der Waals surface area contributed by atoms with Gasteiger partial charge in [0.25, 0.3) is 0 Å². The average Bonchev–Trinajstić information content (AvgIpc) is 1.82. The van der Waals surface area contributed by atoms with Gasteiger partial charge < -0.3 is 10.8 Å². The Morgan fingerprint density at radius 2 is 2.30 bits per heavy atom. The van der Waals surface area contributed by atoms with Crippen molar-refractivity contribution in [3.05, 3.63) is 0 Å². The van der Waals surface area contributed by atoms with Gasteiger partial charge >= 0.3 is 24.8 Å². The Bertz CT molecular complexity index is 102.